The fourth-order valence-electron chi connectivity index (χ4n) is 13.1. The number of benzene rings is 5. The van der Waals surface area contributed by atoms with E-state index >= 15 is 0 Å². The first kappa shape index (κ1) is 102. The number of aryl methyl sites for hydroxylation is 1. The Hall–Kier alpha value is -15.8. The number of carbonyl (C=O) groups is 8. The van der Waals surface area contributed by atoms with Crippen LogP contribution in [-0.4, -0.2) is 116 Å². The van der Waals surface area contributed by atoms with E-state index in [1.54, 1.807) is 238 Å². The molecule has 21 rings (SSSR count). The number of nitrogens with one attached hydrogen (secondary N) is 7. The van der Waals surface area contributed by atoms with Crippen molar-refractivity contribution in [1.82, 2.24) is 34.9 Å². The first-order valence-corrected chi connectivity index (χ1v) is 48.6. The number of halogens is 6. The van der Waals surface area contributed by atoms with Gasteiger partial charge in [-0.25, -0.2) is 34.9 Å². The van der Waals surface area contributed by atoms with Crippen LogP contribution in [0.2, 0.25) is 0 Å². The van der Waals surface area contributed by atoms with Crippen molar-refractivity contribution in [2.45, 2.75) is 13.8 Å². The molecule has 7 aliphatic heterocycles. The summed E-state index contributed by atoms with van der Waals surface area (Å²) in [6, 6.07) is 54.3. The molecule has 34 nitrogen and oxygen atoms in total. The summed E-state index contributed by atoms with van der Waals surface area (Å²) in [6.07, 6.45) is 22.8. The predicted octanol–water partition coefficient (Wildman–Crippen LogP) is 21.9. The predicted molar refractivity (Wildman–Crippen MR) is 562 cm³/mol. The third-order valence-corrected chi connectivity index (χ3v) is 24.4. The van der Waals surface area contributed by atoms with E-state index in [0.717, 1.165) is 47.3 Å². The summed E-state index contributed by atoms with van der Waals surface area (Å²) in [7, 11) is 7.12. The maximum absolute atomic E-state index is 12.1. The molecular weight excluding hydrogens is 2270 g/mol. The lowest BCUT2D eigenvalue weighted by atomic mass is 10.1. The van der Waals surface area contributed by atoms with Crippen LogP contribution in [0.3, 0.4) is 0 Å². The van der Waals surface area contributed by atoms with E-state index in [0.29, 0.717) is 127 Å². The SMILES string of the molecule is CC(=O)Oc1c(Br)cc(/C=C2\Oc3cccnc3NC2=O)cc1Br.CN(C)c1ccc(/C=C2\Oc3cccnc3NC2=O)cc1.COc1cc(/C=C2\Oc3cccnc3NC2=O)cc(C)c1OC.O=C1Nc2ncccc2O/C1=C\c1cc(Br)c(O)c(Br)c1.O=C1Nc2ncccc2O/C1=C\c1cc(Br)cc(Br)c1.O=C1Nc2ncccc2O/C1=C\c1cccs1.O=C1Nc2ncccc2O/C1=C\c1ccsc1. The monoisotopic (exact) mass is 2340 g/mol. The second kappa shape index (κ2) is 47.4. The Bertz CT molecular complexity index is 7360. The zero-order valence-corrected chi connectivity index (χ0v) is 86.2. The smallest absolute Gasteiger partial charge is 0.308 e. The van der Waals surface area contributed by atoms with Crippen LogP contribution in [0.4, 0.5) is 46.4 Å². The average molecular weight is 2340 g/mol. The van der Waals surface area contributed by atoms with Gasteiger partial charge in [-0.05, 0) is 326 Å². The third-order valence-electron chi connectivity index (χ3n) is 19.6. The largest absolute Gasteiger partial charge is 0.506 e. The molecule has 143 heavy (non-hydrogen) atoms. The minimum Gasteiger partial charge on any atom is -0.506 e. The molecule has 0 saturated heterocycles. The molecule has 720 valence electrons. The van der Waals surface area contributed by atoms with Gasteiger partial charge < -0.3 is 94.6 Å². The topological polar surface area (TPSA) is 427 Å². The Morgan fingerprint density at radius 2 is 0.671 bits per heavy atom. The standard InChI is InChI=1S/C17H16N2O4.C16H10Br2N2O4.C16H15N3O2.C14H8Br2N2O3.C14H8Br2N2O2.2C12H8N2O2S/c1-10-7-11(8-13(21-2)15(10)22-3)9-14-17(20)19-16-12(23-14)5-4-6-18-16;1-8(21)23-14-10(17)5-9(6-11(14)18)7-13-16(22)20-15-12(24-13)3-2-4-19-15;1-19(2)12-7-5-11(6-8-12)10-14-16(20)18-15-13(21-14)4-3-9-17-15;15-8-4-7(5-9(16)12(8)19)6-11-14(20)18-13-10(21-11)2-1-3-17-13;15-9-4-8(5-10(16)7-9)6-12-14(19)18-13-11(20-12)2-1-3-17-13;15-12-10(7-8-3-2-6-17-8)16-9-4-1-5-13-11(9)14-12;15-12-10(6-8-3-5-17-7-8)16-9-2-1-4-13-11(9)14-12/h4-9H,1-3H3,(H,18,19,20);2-7H,1H3,(H,19,20,22);3-10H,1-2H3,(H,17,18,20);1-6,19H,(H,17,18,20);1-7H,(H,17,18,19);2*1-7H,(H,13,14,15)/b14-9-;13-7-;14-10-;11-6-;12-6-;10-7-;10-6-. The lowest BCUT2D eigenvalue weighted by molar-refractivity contribution is -0.132. The molecule has 0 atom stereocenters. The molecule has 0 aliphatic carbocycles. The number of thiophene rings is 2. The van der Waals surface area contributed by atoms with Gasteiger partial charge in [0, 0.05) is 90.0 Å². The van der Waals surface area contributed by atoms with Gasteiger partial charge in [-0.2, -0.15) is 11.3 Å². The number of esters is 1. The van der Waals surface area contributed by atoms with E-state index < -0.39 is 11.9 Å². The van der Waals surface area contributed by atoms with E-state index in [-0.39, 0.29) is 81.5 Å². The molecular formula is C101H73Br6N15O19S2. The van der Waals surface area contributed by atoms with Crippen LogP contribution in [0.1, 0.15) is 50.7 Å². The number of hydrogen-bond acceptors (Lipinski definition) is 29. The number of anilines is 8. The van der Waals surface area contributed by atoms with Crippen molar-refractivity contribution < 1.29 is 90.8 Å². The van der Waals surface area contributed by atoms with E-state index in [1.165, 1.54) is 6.92 Å². The summed E-state index contributed by atoms with van der Waals surface area (Å²) in [5.74, 6) is 7.24. The fraction of sp³-hybridized carbons (Fsp3) is 0.0594. The van der Waals surface area contributed by atoms with Crippen molar-refractivity contribution in [2.24, 2.45) is 0 Å². The highest BCUT2D eigenvalue weighted by Gasteiger charge is 2.31. The number of pyridine rings is 7. The van der Waals surface area contributed by atoms with Crippen LogP contribution in [0.15, 0.2) is 309 Å². The molecule has 0 unspecified atom stereocenters. The number of phenolic OH excluding ortho intramolecular Hbond substituents is 1. The molecule has 0 bridgehead atoms. The summed E-state index contributed by atoms with van der Waals surface area (Å²) in [4.78, 5) is 126. The Morgan fingerprint density at radius 3 is 0.972 bits per heavy atom. The number of aromatic hydroxyl groups is 1. The average Bonchev–Trinajstić information content (AvgIpc) is 1.37. The molecule has 0 radical (unpaired) electrons. The van der Waals surface area contributed by atoms with Gasteiger partial charge in [0.2, 0.25) is 0 Å². The van der Waals surface area contributed by atoms with Gasteiger partial charge in [-0.15, -0.1) is 11.3 Å². The van der Waals surface area contributed by atoms with Crippen LogP contribution in [0.5, 0.6) is 63.2 Å². The molecule has 9 aromatic heterocycles. The van der Waals surface area contributed by atoms with Crippen molar-refractivity contribution in [3.63, 3.8) is 0 Å². The fourth-order valence-corrected chi connectivity index (χ4v) is 18.3. The number of aromatic nitrogens is 7. The van der Waals surface area contributed by atoms with Crippen molar-refractivity contribution in [2.75, 3.05) is 70.4 Å². The molecule has 42 heteroatoms. The molecule has 5 aromatic carbocycles. The van der Waals surface area contributed by atoms with Crippen LogP contribution >= 0.6 is 118 Å². The van der Waals surface area contributed by atoms with Gasteiger partial charge in [0.05, 0.1) is 32.1 Å². The quantitative estimate of drug-likeness (QED) is 0.0339. The van der Waals surface area contributed by atoms with Crippen LogP contribution in [-0.2, 0) is 38.4 Å². The second-order valence-electron chi connectivity index (χ2n) is 30.0. The number of methoxy groups -OCH3 is 2. The van der Waals surface area contributed by atoms with Gasteiger partial charge >= 0.3 is 5.97 Å². The Morgan fingerprint density at radius 1 is 0.357 bits per heavy atom. The highest BCUT2D eigenvalue weighted by atomic mass is 79.9. The number of phenols is 1. The number of nitrogens with zero attached hydrogens (tertiary/aromatic N) is 8. The maximum Gasteiger partial charge on any atom is 0.308 e. The van der Waals surface area contributed by atoms with E-state index in [9.17, 15) is 43.5 Å². The highest BCUT2D eigenvalue weighted by molar-refractivity contribution is 9.11. The third kappa shape index (κ3) is 26.8. The van der Waals surface area contributed by atoms with Gasteiger partial charge in [-0.1, -0.05) is 50.1 Å². The molecule has 16 heterocycles. The lowest BCUT2D eigenvalue weighted by Gasteiger charge is -2.18. The first-order chi connectivity index (χ1) is 69.0. The number of fused-ring (bicyclic) bond motifs is 7. The maximum atomic E-state index is 12.1. The van der Waals surface area contributed by atoms with E-state index in [1.807, 2.05) is 109 Å². The Balaban J connectivity index is 0.000000126. The van der Waals surface area contributed by atoms with Crippen molar-refractivity contribution in [3.05, 3.63) is 352 Å². The molecule has 0 saturated carbocycles. The minimum atomic E-state index is -0.429. The summed E-state index contributed by atoms with van der Waals surface area (Å²) in [6.45, 7) is 3.23. The molecule has 0 spiro atoms. The molecule has 8 N–H and O–H groups in total. The second-order valence-corrected chi connectivity index (χ2v) is 37.0. The van der Waals surface area contributed by atoms with Crippen LogP contribution < -0.4 is 89.5 Å². The van der Waals surface area contributed by atoms with Gasteiger partial charge in [0.15, 0.2) is 139 Å². The number of amides is 7. The number of rotatable bonds is 11. The molecule has 14 aromatic rings. The van der Waals surface area contributed by atoms with E-state index in [2.05, 4.69) is 168 Å². The number of carbonyl (C=O) groups excluding carboxylic acids is 8. The summed E-state index contributed by atoms with van der Waals surface area (Å²) in [5, 5.41) is 34.3. The minimum absolute atomic E-state index is 0.0979. The Kier molecular flexibility index (Phi) is 33.7. The van der Waals surface area contributed by atoms with Gasteiger partial charge in [0.1, 0.15) is 5.75 Å². The molecule has 7 aliphatic rings. The number of hydrogen-bond donors (Lipinski definition) is 8. The molecule has 0 fully saturated rings. The van der Waals surface area contributed by atoms with Crippen molar-refractivity contribution in [1.29, 1.82) is 0 Å². The molecule has 7 amide bonds. The highest BCUT2D eigenvalue weighted by Crippen LogP contribution is 2.42. The zero-order valence-electron chi connectivity index (χ0n) is 75.1. The van der Waals surface area contributed by atoms with E-state index in [4.69, 9.17) is 47.4 Å². The van der Waals surface area contributed by atoms with Gasteiger partial charge in [-0.3, -0.25) is 38.4 Å². The summed E-state index contributed by atoms with van der Waals surface area (Å²) >= 11 is 23.1. The lowest BCUT2D eigenvalue weighted by Crippen LogP contribution is -2.24. The summed E-state index contributed by atoms with van der Waals surface area (Å²) < 4.78 is 58.7. The summed E-state index contributed by atoms with van der Waals surface area (Å²) in [5.41, 5.74) is 6.86. The zero-order chi connectivity index (χ0) is 101. The normalized spacial score (nSPS) is 15.3. The Labute approximate surface area is 872 Å². The number of ether oxygens (including phenoxy) is 10. The van der Waals surface area contributed by atoms with Crippen molar-refractivity contribution >= 4 is 255 Å². The van der Waals surface area contributed by atoms with Crippen molar-refractivity contribution in [3.8, 4) is 63.2 Å². The first-order valence-electron chi connectivity index (χ1n) is 42.0. The van der Waals surface area contributed by atoms with Crippen LogP contribution in [0.25, 0.3) is 42.5 Å². The van der Waals surface area contributed by atoms with Crippen LogP contribution in [0, 0.1) is 6.92 Å². The van der Waals surface area contributed by atoms with Gasteiger partial charge in [0.25, 0.3) is 41.4 Å².